The summed E-state index contributed by atoms with van der Waals surface area (Å²) in [5.41, 5.74) is 1.63. The molecule has 8 heteroatoms. The molecule has 124 valence electrons. The first-order valence-electron chi connectivity index (χ1n) is 7.24. The van der Waals surface area contributed by atoms with Crippen molar-refractivity contribution in [1.29, 1.82) is 0 Å². The van der Waals surface area contributed by atoms with E-state index in [1.807, 2.05) is 19.0 Å². The van der Waals surface area contributed by atoms with Gasteiger partial charge in [-0.05, 0) is 38.4 Å². The van der Waals surface area contributed by atoms with Crippen LogP contribution in [0.15, 0.2) is 40.9 Å². The summed E-state index contributed by atoms with van der Waals surface area (Å²) in [5, 5.41) is 13.3. The minimum Gasteiger partial charge on any atom is -0.355 e. The lowest BCUT2D eigenvalue weighted by Gasteiger charge is -2.05. The summed E-state index contributed by atoms with van der Waals surface area (Å²) in [4.78, 5) is 14.2. The second-order valence-corrected chi connectivity index (χ2v) is 5.55. The van der Waals surface area contributed by atoms with Gasteiger partial charge in [0.05, 0.1) is 5.69 Å². The Kier molecular flexibility index (Phi) is 4.39. The highest BCUT2D eigenvalue weighted by atomic mass is 19.1. The van der Waals surface area contributed by atoms with Crippen molar-refractivity contribution in [3.63, 3.8) is 0 Å². The van der Waals surface area contributed by atoms with Gasteiger partial charge in [-0.25, -0.2) is 4.39 Å². The van der Waals surface area contributed by atoms with Crippen LogP contribution in [-0.4, -0.2) is 40.3 Å². The fraction of sp³-hybridized carbons (Fsp3) is 0.188. The van der Waals surface area contributed by atoms with Crippen molar-refractivity contribution in [1.82, 2.24) is 20.3 Å². The summed E-state index contributed by atoms with van der Waals surface area (Å²) in [6, 6.07) is 8.98. The highest BCUT2D eigenvalue weighted by Crippen LogP contribution is 2.21. The predicted molar refractivity (Wildman–Crippen MR) is 85.8 cm³/mol. The molecule has 3 rings (SSSR count). The number of amides is 1. The van der Waals surface area contributed by atoms with E-state index in [0.29, 0.717) is 23.7 Å². The van der Waals surface area contributed by atoms with Gasteiger partial charge in [0.2, 0.25) is 0 Å². The first kappa shape index (κ1) is 15.9. The Morgan fingerprint density at radius 1 is 1.29 bits per heavy atom. The van der Waals surface area contributed by atoms with Crippen molar-refractivity contribution < 1.29 is 13.7 Å². The first-order chi connectivity index (χ1) is 11.5. The summed E-state index contributed by atoms with van der Waals surface area (Å²) < 4.78 is 18.1. The minimum absolute atomic E-state index is 0.117. The number of benzene rings is 1. The van der Waals surface area contributed by atoms with Crippen LogP contribution in [0.2, 0.25) is 0 Å². The van der Waals surface area contributed by atoms with Crippen LogP contribution >= 0.6 is 0 Å². The number of aromatic nitrogens is 3. The third-order valence-electron chi connectivity index (χ3n) is 3.23. The maximum absolute atomic E-state index is 12.9. The smallest absolute Gasteiger partial charge is 0.279 e. The molecular weight excluding hydrogens is 313 g/mol. The number of anilines is 1. The number of carbonyl (C=O) groups is 1. The molecule has 24 heavy (non-hydrogen) atoms. The lowest BCUT2D eigenvalue weighted by Crippen LogP contribution is -2.12. The van der Waals surface area contributed by atoms with Gasteiger partial charge in [-0.15, -0.1) is 0 Å². The van der Waals surface area contributed by atoms with Crippen molar-refractivity contribution in [2.45, 2.75) is 6.54 Å². The summed E-state index contributed by atoms with van der Waals surface area (Å²) >= 11 is 0. The van der Waals surface area contributed by atoms with Crippen molar-refractivity contribution in [3.05, 3.63) is 53.6 Å². The van der Waals surface area contributed by atoms with Gasteiger partial charge in [0.25, 0.3) is 5.91 Å². The second-order valence-electron chi connectivity index (χ2n) is 5.55. The van der Waals surface area contributed by atoms with Crippen LogP contribution < -0.4 is 5.32 Å². The zero-order chi connectivity index (χ0) is 17.1. The fourth-order valence-electron chi connectivity index (χ4n) is 2.16. The zero-order valence-corrected chi connectivity index (χ0v) is 13.2. The largest absolute Gasteiger partial charge is 0.355 e. The van der Waals surface area contributed by atoms with Gasteiger partial charge in [0, 0.05) is 24.2 Å². The summed E-state index contributed by atoms with van der Waals surface area (Å²) in [6.07, 6.45) is 0. The molecular formula is C16H16FN5O2. The van der Waals surface area contributed by atoms with Crippen molar-refractivity contribution in [2.24, 2.45) is 0 Å². The van der Waals surface area contributed by atoms with Crippen LogP contribution in [0.5, 0.6) is 0 Å². The van der Waals surface area contributed by atoms with Crippen LogP contribution in [0.25, 0.3) is 11.3 Å². The van der Waals surface area contributed by atoms with Gasteiger partial charge in [0.1, 0.15) is 5.82 Å². The van der Waals surface area contributed by atoms with Crippen LogP contribution in [0.4, 0.5) is 10.2 Å². The van der Waals surface area contributed by atoms with Crippen molar-refractivity contribution >= 4 is 11.7 Å². The van der Waals surface area contributed by atoms with Gasteiger partial charge < -0.3 is 14.7 Å². The molecule has 0 bridgehead atoms. The molecule has 0 aliphatic heterocycles. The van der Waals surface area contributed by atoms with Crippen LogP contribution in [-0.2, 0) is 6.54 Å². The van der Waals surface area contributed by atoms with Crippen molar-refractivity contribution in [3.8, 4) is 11.3 Å². The Morgan fingerprint density at radius 3 is 2.75 bits per heavy atom. The van der Waals surface area contributed by atoms with E-state index in [2.05, 4.69) is 20.7 Å². The molecule has 7 nitrogen and oxygen atoms in total. The van der Waals surface area contributed by atoms with Gasteiger partial charge in [-0.2, -0.15) is 5.10 Å². The summed E-state index contributed by atoms with van der Waals surface area (Å²) in [7, 11) is 3.87. The first-order valence-corrected chi connectivity index (χ1v) is 7.24. The predicted octanol–water partition coefficient (Wildman–Crippen LogP) is 2.52. The maximum atomic E-state index is 12.9. The van der Waals surface area contributed by atoms with Crippen molar-refractivity contribution in [2.75, 3.05) is 19.4 Å². The molecule has 1 amide bonds. The quantitative estimate of drug-likeness (QED) is 0.751. The number of hydrogen-bond acceptors (Lipinski definition) is 5. The van der Waals surface area contributed by atoms with E-state index in [4.69, 9.17) is 4.52 Å². The van der Waals surface area contributed by atoms with E-state index in [0.717, 1.165) is 5.69 Å². The highest BCUT2D eigenvalue weighted by molar-refractivity contribution is 6.02. The minimum atomic E-state index is -0.435. The summed E-state index contributed by atoms with van der Waals surface area (Å²) in [6.45, 7) is 0.682. The molecule has 1 aromatic carbocycles. The topological polar surface area (TPSA) is 87.1 Å². The van der Waals surface area contributed by atoms with Gasteiger partial charge in [0.15, 0.2) is 17.3 Å². The number of H-pyrrole nitrogens is 1. The number of nitrogens with zero attached hydrogens (tertiary/aromatic N) is 3. The van der Waals surface area contributed by atoms with E-state index >= 15 is 0 Å². The fourth-order valence-corrected chi connectivity index (χ4v) is 2.16. The lowest BCUT2D eigenvalue weighted by atomic mass is 10.1. The van der Waals surface area contributed by atoms with Crippen LogP contribution in [0, 0.1) is 5.82 Å². The highest BCUT2D eigenvalue weighted by Gasteiger charge is 2.15. The molecule has 3 aromatic rings. The van der Waals surface area contributed by atoms with Gasteiger partial charge >= 0.3 is 0 Å². The third-order valence-corrected chi connectivity index (χ3v) is 3.23. The lowest BCUT2D eigenvalue weighted by molar-refractivity contribution is 0.101. The normalized spacial score (nSPS) is 11.0. The van der Waals surface area contributed by atoms with E-state index in [1.54, 1.807) is 18.2 Å². The number of hydrogen-bond donors (Lipinski definition) is 2. The molecule has 0 aliphatic rings. The van der Waals surface area contributed by atoms with E-state index in [9.17, 15) is 9.18 Å². The average Bonchev–Trinajstić information content (AvgIpc) is 3.17. The Hall–Kier alpha value is -3.00. The second kappa shape index (κ2) is 6.63. The SMILES string of the molecule is CN(C)Cc1cc(NC(=O)c2cc(-c3ccc(F)cc3)on2)n[nH]1. The monoisotopic (exact) mass is 329 g/mol. The Balaban J connectivity index is 1.69. The van der Waals surface area contributed by atoms with E-state index < -0.39 is 5.91 Å². The number of halogens is 1. The molecule has 2 N–H and O–H groups in total. The Labute approximate surface area is 137 Å². The maximum Gasteiger partial charge on any atom is 0.279 e. The molecule has 0 radical (unpaired) electrons. The Bertz CT molecular complexity index is 838. The number of carbonyl (C=O) groups excluding carboxylic acids is 1. The van der Waals surface area contributed by atoms with Gasteiger partial charge in [-0.3, -0.25) is 9.89 Å². The molecule has 0 saturated carbocycles. The van der Waals surface area contributed by atoms with Crippen LogP contribution in [0.1, 0.15) is 16.2 Å². The molecule has 2 heterocycles. The standard InChI is InChI=1S/C16H16FN5O2/c1-22(2)9-12-7-15(20-19-12)18-16(23)13-8-14(24-21-13)10-3-5-11(17)6-4-10/h3-8H,9H2,1-2H3,(H2,18,19,20,23). The molecule has 0 atom stereocenters. The molecule has 0 spiro atoms. The molecule has 0 aliphatic carbocycles. The third kappa shape index (κ3) is 3.66. The molecule has 2 aromatic heterocycles. The van der Waals surface area contributed by atoms with E-state index in [-0.39, 0.29) is 11.5 Å². The van der Waals surface area contributed by atoms with Crippen LogP contribution in [0.3, 0.4) is 0 Å². The zero-order valence-electron chi connectivity index (χ0n) is 13.2. The van der Waals surface area contributed by atoms with Gasteiger partial charge in [-0.1, -0.05) is 5.16 Å². The molecule has 0 saturated heterocycles. The Morgan fingerprint density at radius 2 is 2.04 bits per heavy atom. The number of aromatic amines is 1. The summed E-state index contributed by atoms with van der Waals surface area (Å²) in [5.74, 6) is 0.0111. The number of nitrogens with one attached hydrogen (secondary N) is 2. The number of rotatable bonds is 5. The van der Waals surface area contributed by atoms with E-state index in [1.165, 1.54) is 18.2 Å². The molecule has 0 fully saturated rings. The molecule has 0 unspecified atom stereocenters. The average molecular weight is 329 g/mol.